The van der Waals surface area contributed by atoms with Crippen molar-refractivity contribution < 1.29 is 9.53 Å². The number of rotatable bonds is 0. The maximum Gasteiger partial charge on any atom is 0.228 e. The minimum atomic E-state index is -0.242. The third-order valence-corrected chi connectivity index (χ3v) is 2.83. The molecule has 1 amide bonds. The Hall–Kier alpha value is -0.570. The van der Waals surface area contributed by atoms with Crippen molar-refractivity contribution in [1.82, 2.24) is 4.90 Å². The Labute approximate surface area is 79.0 Å². The Balaban J connectivity index is 2.06. The second kappa shape index (κ2) is 2.71. The minimum absolute atomic E-state index is 0.242. The number of hydrogen-bond donors (Lipinski definition) is 0. The van der Waals surface area contributed by atoms with E-state index in [1.165, 1.54) is 0 Å². The zero-order valence-electron chi connectivity index (χ0n) is 8.54. The van der Waals surface area contributed by atoms with Crippen LogP contribution in [0.3, 0.4) is 0 Å². The minimum Gasteiger partial charge on any atom is -0.377 e. The van der Waals surface area contributed by atoms with Crippen LogP contribution < -0.4 is 0 Å². The number of hydrogen-bond acceptors (Lipinski definition) is 2. The molecule has 74 valence electrons. The molecule has 3 fully saturated rings. The van der Waals surface area contributed by atoms with Crippen LogP contribution in [-0.4, -0.2) is 36.1 Å². The van der Waals surface area contributed by atoms with Gasteiger partial charge >= 0.3 is 0 Å². The molecular weight excluding hydrogens is 166 g/mol. The van der Waals surface area contributed by atoms with Crippen molar-refractivity contribution in [3.05, 3.63) is 0 Å². The third kappa shape index (κ3) is 1.35. The zero-order chi connectivity index (χ0) is 9.64. The van der Waals surface area contributed by atoms with Crippen LogP contribution in [0.2, 0.25) is 0 Å². The van der Waals surface area contributed by atoms with Crippen molar-refractivity contribution in [2.75, 3.05) is 13.2 Å². The molecule has 3 heteroatoms. The smallest absolute Gasteiger partial charge is 0.228 e. The van der Waals surface area contributed by atoms with E-state index in [9.17, 15) is 4.79 Å². The Kier molecular flexibility index (Phi) is 1.88. The van der Waals surface area contributed by atoms with Crippen LogP contribution in [0.5, 0.6) is 0 Å². The van der Waals surface area contributed by atoms with Gasteiger partial charge in [0.15, 0.2) is 0 Å². The number of amides is 1. The van der Waals surface area contributed by atoms with Crippen molar-refractivity contribution in [3.8, 4) is 0 Å². The molecule has 3 rings (SSSR count). The summed E-state index contributed by atoms with van der Waals surface area (Å²) < 4.78 is 5.33. The number of morpholine rings is 1. The fraction of sp³-hybridized carbons (Fsp3) is 0.900. The standard InChI is InChI=1S/C10H17NO2/c1-10(2,3)9(12)11-7-4-8(11)6-13-5-7/h7-8H,4-6H2,1-3H3. The van der Waals surface area contributed by atoms with Crippen molar-refractivity contribution in [1.29, 1.82) is 0 Å². The normalized spacial score (nSPS) is 32.7. The molecule has 2 atom stereocenters. The van der Waals surface area contributed by atoms with Crippen LogP contribution in [0.4, 0.5) is 0 Å². The third-order valence-electron chi connectivity index (χ3n) is 2.83. The summed E-state index contributed by atoms with van der Waals surface area (Å²) in [5.41, 5.74) is -0.242. The van der Waals surface area contributed by atoms with E-state index >= 15 is 0 Å². The molecule has 0 N–H and O–H groups in total. The van der Waals surface area contributed by atoms with Gasteiger partial charge in [-0.15, -0.1) is 0 Å². The van der Waals surface area contributed by atoms with Crippen molar-refractivity contribution in [3.63, 3.8) is 0 Å². The second-order valence-corrected chi connectivity index (χ2v) is 5.04. The SMILES string of the molecule is CC(C)(C)C(=O)N1C2COCC1C2. The van der Waals surface area contributed by atoms with E-state index < -0.39 is 0 Å². The first-order valence-corrected chi connectivity index (χ1v) is 4.90. The number of fused-ring (bicyclic) bond motifs is 2. The van der Waals surface area contributed by atoms with E-state index in [-0.39, 0.29) is 11.3 Å². The predicted molar refractivity (Wildman–Crippen MR) is 49.3 cm³/mol. The van der Waals surface area contributed by atoms with Gasteiger partial charge in [-0.25, -0.2) is 0 Å². The van der Waals surface area contributed by atoms with E-state index in [1.54, 1.807) is 0 Å². The summed E-state index contributed by atoms with van der Waals surface area (Å²) in [5, 5.41) is 0. The predicted octanol–water partition coefficient (Wildman–Crippen LogP) is 1.03. The van der Waals surface area contributed by atoms with Gasteiger partial charge in [0.25, 0.3) is 0 Å². The molecule has 0 radical (unpaired) electrons. The number of carbonyl (C=O) groups is 1. The van der Waals surface area contributed by atoms with Gasteiger partial charge in [-0.2, -0.15) is 0 Å². The lowest BCUT2D eigenvalue weighted by Crippen LogP contribution is -2.67. The van der Waals surface area contributed by atoms with Crippen LogP contribution in [0.25, 0.3) is 0 Å². The molecule has 0 saturated carbocycles. The van der Waals surface area contributed by atoms with Crippen molar-refractivity contribution >= 4 is 5.91 Å². The summed E-state index contributed by atoms with van der Waals surface area (Å²) in [6.45, 7) is 7.40. The molecule has 2 bridgehead atoms. The lowest BCUT2D eigenvalue weighted by atomic mass is 9.85. The summed E-state index contributed by atoms with van der Waals surface area (Å²) in [6.07, 6.45) is 1.14. The topological polar surface area (TPSA) is 29.5 Å². The summed E-state index contributed by atoms with van der Waals surface area (Å²) >= 11 is 0. The quantitative estimate of drug-likeness (QED) is 0.561. The Morgan fingerprint density at radius 1 is 1.31 bits per heavy atom. The Bertz CT molecular complexity index is 218. The molecule has 0 aliphatic carbocycles. The average molecular weight is 183 g/mol. The first-order valence-electron chi connectivity index (χ1n) is 4.90. The van der Waals surface area contributed by atoms with Gasteiger partial charge in [0.1, 0.15) is 0 Å². The van der Waals surface area contributed by atoms with Gasteiger partial charge in [0.05, 0.1) is 25.3 Å². The maximum absolute atomic E-state index is 11.9. The fourth-order valence-corrected chi connectivity index (χ4v) is 2.06. The molecule has 3 aliphatic rings. The highest BCUT2D eigenvalue weighted by molar-refractivity contribution is 5.83. The molecule has 13 heavy (non-hydrogen) atoms. The van der Waals surface area contributed by atoms with Crippen LogP contribution in [0.1, 0.15) is 27.2 Å². The van der Waals surface area contributed by atoms with E-state index in [0.717, 1.165) is 19.6 Å². The second-order valence-electron chi connectivity index (χ2n) is 5.04. The van der Waals surface area contributed by atoms with Crippen molar-refractivity contribution in [2.45, 2.75) is 39.3 Å². The molecule has 3 nitrogen and oxygen atoms in total. The van der Waals surface area contributed by atoms with Crippen LogP contribution in [-0.2, 0) is 9.53 Å². The van der Waals surface area contributed by atoms with Crippen molar-refractivity contribution in [2.24, 2.45) is 5.41 Å². The van der Waals surface area contributed by atoms with Gasteiger partial charge in [-0.05, 0) is 6.42 Å². The summed E-state index contributed by atoms with van der Waals surface area (Å²) in [5.74, 6) is 0.275. The molecule has 0 aromatic carbocycles. The molecule has 2 unspecified atom stereocenters. The first-order chi connectivity index (χ1) is 6.00. The van der Waals surface area contributed by atoms with Crippen LogP contribution >= 0.6 is 0 Å². The largest absolute Gasteiger partial charge is 0.377 e. The lowest BCUT2D eigenvalue weighted by molar-refractivity contribution is -0.175. The Morgan fingerprint density at radius 2 is 1.85 bits per heavy atom. The van der Waals surface area contributed by atoms with E-state index in [4.69, 9.17) is 4.74 Å². The molecule has 0 aromatic heterocycles. The van der Waals surface area contributed by atoms with E-state index in [2.05, 4.69) is 0 Å². The van der Waals surface area contributed by atoms with Crippen LogP contribution in [0, 0.1) is 5.41 Å². The van der Waals surface area contributed by atoms with Gasteiger partial charge in [0.2, 0.25) is 5.91 Å². The lowest BCUT2D eigenvalue weighted by Gasteiger charge is -2.54. The molecule has 3 aliphatic heterocycles. The number of ether oxygens (including phenoxy) is 1. The van der Waals surface area contributed by atoms with Gasteiger partial charge in [-0.1, -0.05) is 20.8 Å². The van der Waals surface area contributed by atoms with E-state index in [1.807, 2.05) is 25.7 Å². The van der Waals surface area contributed by atoms with Crippen LogP contribution in [0.15, 0.2) is 0 Å². The summed E-state index contributed by atoms with van der Waals surface area (Å²) in [6, 6.07) is 0.732. The maximum atomic E-state index is 11.9. The fourth-order valence-electron chi connectivity index (χ4n) is 2.06. The molecule has 0 spiro atoms. The number of nitrogens with zero attached hydrogens (tertiary/aromatic N) is 1. The molecule has 0 aromatic rings. The van der Waals surface area contributed by atoms with Gasteiger partial charge < -0.3 is 9.64 Å². The van der Waals surface area contributed by atoms with Gasteiger partial charge in [-0.3, -0.25) is 4.79 Å². The zero-order valence-corrected chi connectivity index (χ0v) is 8.54. The highest BCUT2D eigenvalue weighted by Gasteiger charge is 2.47. The monoisotopic (exact) mass is 183 g/mol. The molecule has 3 saturated heterocycles. The van der Waals surface area contributed by atoms with Gasteiger partial charge in [0, 0.05) is 5.41 Å². The Morgan fingerprint density at radius 3 is 2.23 bits per heavy atom. The number of carbonyl (C=O) groups excluding carboxylic acids is 1. The summed E-state index contributed by atoms with van der Waals surface area (Å²) in [4.78, 5) is 13.9. The van der Waals surface area contributed by atoms with E-state index in [0.29, 0.717) is 12.1 Å². The molecule has 3 heterocycles. The highest BCUT2D eigenvalue weighted by atomic mass is 16.5. The average Bonchev–Trinajstić information content (AvgIpc) is 2.03. The summed E-state index contributed by atoms with van der Waals surface area (Å²) in [7, 11) is 0. The highest BCUT2D eigenvalue weighted by Crippen LogP contribution is 2.34. The first kappa shape index (κ1) is 9.00. The molecular formula is C10H17NO2.